The third kappa shape index (κ3) is 4.73. The first-order valence-electron chi connectivity index (χ1n) is 12.0. The maximum Gasteiger partial charge on any atom is 0.222 e. The van der Waals surface area contributed by atoms with Crippen molar-refractivity contribution in [1.29, 1.82) is 0 Å². The van der Waals surface area contributed by atoms with E-state index >= 15 is 0 Å². The predicted octanol–water partition coefficient (Wildman–Crippen LogP) is 5.86. The van der Waals surface area contributed by atoms with Crippen LogP contribution in [-0.2, 0) is 11.2 Å². The lowest BCUT2D eigenvalue weighted by Gasteiger charge is -2.13. The Balaban J connectivity index is 1.47. The Kier molecular flexibility index (Phi) is 6.77. The fourth-order valence-electron chi connectivity index (χ4n) is 4.48. The lowest BCUT2D eigenvalue weighted by Crippen LogP contribution is -2.27. The Bertz CT molecular complexity index is 1450. The van der Waals surface area contributed by atoms with E-state index in [-0.39, 0.29) is 12.3 Å². The van der Waals surface area contributed by atoms with E-state index in [1.165, 1.54) is 21.6 Å². The number of hydrogen-bond acceptors (Lipinski definition) is 5. The van der Waals surface area contributed by atoms with Gasteiger partial charge in [-0.25, -0.2) is 0 Å². The molecule has 0 aliphatic carbocycles. The van der Waals surface area contributed by atoms with Crippen LogP contribution >= 0.6 is 22.9 Å². The van der Waals surface area contributed by atoms with Gasteiger partial charge in [0.1, 0.15) is 16.9 Å². The summed E-state index contributed by atoms with van der Waals surface area (Å²) in [7, 11) is 0. The van der Waals surface area contributed by atoms with Crippen molar-refractivity contribution < 1.29 is 4.79 Å². The van der Waals surface area contributed by atoms with Crippen LogP contribution < -0.4 is 5.32 Å². The second kappa shape index (κ2) is 9.99. The number of fused-ring (bicyclic) bond motifs is 3. The van der Waals surface area contributed by atoms with Gasteiger partial charge in [0.25, 0.3) is 0 Å². The van der Waals surface area contributed by atoms with Gasteiger partial charge in [-0.05, 0) is 57.4 Å². The summed E-state index contributed by atoms with van der Waals surface area (Å²) in [6, 6.07) is 15.6. The highest BCUT2D eigenvalue weighted by Gasteiger charge is 2.32. The molecule has 0 spiro atoms. The van der Waals surface area contributed by atoms with Crippen LogP contribution in [0.2, 0.25) is 5.02 Å². The molecule has 184 valence electrons. The molecule has 3 heterocycles. The van der Waals surface area contributed by atoms with E-state index in [1.807, 2.05) is 31.2 Å². The third-order valence-electron chi connectivity index (χ3n) is 6.59. The molecule has 36 heavy (non-hydrogen) atoms. The number of aliphatic imine (C=N–C) groups is 1. The van der Waals surface area contributed by atoms with Gasteiger partial charge < -0.3 is 5.32 Å². The molecular weight excluding hydrogens is 490 g/mol. The van der Waals surface area contributed by atoms with Crippen molar-refractivity contribution in [3.8, 4) is 5.00 Å². The first kappa shape index (κ1) is 24.4. The zero-order chi connectivity index (χ0) is 25.4. The van der Waals surface area contributed by atoms with E-state index in [0.717, 1.165) is 34.1 Å². The lowest BCUT2D eigenvalue weighted by molar-refractivity contribution is -0.121. The van der Waals surface area contributed by atoms with Crippen LogP contribution in [0.15, 0.2) is 53.5 Å². The molecule has 0 fully saturated rings. The first-order chi connectivity index (χ1) is 17.3. The maximum absolute atomic E-state index is 13.1. The monoisotopic (exact) mass is 517 g/mol. The minimum atomic E-state index is -0.462. The Labute approximate surface area is 220 Å². The molecule has 0 saturated carbocycles. The molecule has 0 unspecified atom stereocenters. The standard InChI is InChI=1S/C28H28ClN5OS/c1-16-5-7-20(8-6-16)13-14-30-24(35)15-23-27-33-32-19(4)34(27)28-25(17(2)18(3)36-28)26(31-23)21-9-11-22(29)12-10-21/h5-12,23H,13-15H2,1-4H3,(H,30,35)/t23-/m0/s1. The number of rotatable bonds is 6. The van der Waals surface area contributed by atoms with Crippen molar-refractivity contribution in [2.75, 3.05) is 6.54 Å². The number of halogens is 1. The van der Waals surface area contributed by atoms with Crippen molar-refractivity contribution in [3.63, 3.8) is 0 Å². The van der Waals surface area contributed by atoms with Gasteiger partial charge in [-0.15, -0.1) is 21.5 Å². The lowest BCUT2D eigenvalue weighted by atomic mass is 9.99. The number of hydrogen-bond donors (Lipinski definition) is 1. The van der Waals surface area contributed by atoms with Gasteiger partial charge >= 0.3 is 0 Å². The minimum Gasteiger partial charge on any atom is -0.356 e. The highest BCUT2D eigenvalue weighted by Crippen LogP contribution is 2.39. The number of amides is 1. The second-order valence-electron chi connectivity index (χ2n) is 9.19. The van der Waals surface area contributed by atoms with E-state index < -0.39 is 6.04 Å². The Morgan fingerprint density at radius 3 is 2.47 bits per heavy atom. The van der Waals surface area contributed by atoms with Crippen LogP contribution in [-0.4, -0.2) is 32.9 Å². The average molecular weight is 518 g/mol. The fourth-order valence-corrected chi connectivity index (χ4v) is 5.82. The molecule has 1 aliphatic rings. The highest BCUT2D eigenvalue weighted by molar-refractivity contribution is 7.15. The third-order valence-corrected chi connectivity index (χ3v) is 8.04. The smallest absolute Gasteiger partial charge is 0.222 e. The second-order valence-corrected chi connectivity index (χ2v) is 10.8. The SMILES string of the molecule is Cc1ccc(CCNC(=O)C[C@@H]2N=C(c3ccc(Cl)cc3)c3c(sc(C)c3C)-n3c(C)nnc32)cc1. The van der Waals surface area contributed by atoms with Crippen LogP contribution in [0.5, 0.6) is 0 Å². The molecule has 0 radical (unpaired) electrons. The van der Waals surface area contributed by atoms with Crippen LogP contribution in [0.25, 0.3) is 5.00 Å². The number of nitrogens with zero attached hydrogens (tertiary/aromatic N) is 4. The minimum absolute atomic E-state index is 0.0586. The summed E-state index contributed by atoms with van der Waals surface area (Å²) in [5.74, 6) is 1.41. The molecule has 1 amide bonds. The summed E-state index contributed by atoms with van der Waals surface area (Å²) in [4.78, 5) is 19.4. The summed E-state index contributed by atoms with van der Waals surface area (Å²) in [5, 5.41) is 13.6. The number of carbonyl (C=O) groups is 1. The normalized spacial score (nSPS) is 14.6. The van der Waals surface area contributed by atoms with E-state index in [0.29, 0.717) is 17.4 Å². The zero-order valence-corrected chi connectivity index (χ0v) is 22.4. The molecule has 0 saturated heterocycles. The summed E-state index contributed by atoms with van der Waals surface area (Å²) >= 11 is 7.88. The first-order valence-corrected chi connectivity index (χ1v) is 13.2. The summed E-state index contributed by atoms with van der Waals surface area (Å²) in [5.41, 5.74) is 6.47. The molecule has 1 N–H and O–H groups in total. The van der Waals surface area contributed by atoms with Gasteiger partial charge in [0, 0.05) is 27.6 Å². The van der Waals surface area contributed by atoms with E-state index in [4.69, 9.17) is 16.6 Å². The molecule has 2 aromatic carbocycles. The molecule has 2 aromatic heterocycles. The van der Waals surface area contributed by atoms with Crippen molar-refractivity contribution >= 4 is 34.6 Å². The van der Waals surface area contributed by atoms with Crippen molar-refractivity contribution in [1.82, 2.24) is 20.1 Å². The van der Waals surface area contributed by atoms with Gasteiger partial charge in [-0.2, -0.15) is 0 Å². The average Bonchev–Trinajstić information content (AvgIpc) is 3.33. The molecule has 5 rings (SSSR count). The number of aromatic nitrogens is 3. The molecule has 6 nitrogen and oxygen atoms in total. The quantitative estimate of drug-likeness (QED) is 0.348. The predicted molar refractivity (Wildman–Crippen MR) is 146 cm³/mol. The Morgan fingerprint density at radius 2 is 1.75 bits per heavy atom. The zero-order valence-electron chi connectivity index (χ0n) is 20.8. The van der Waals surface area contributed by atoms with Crippen LogP contribution in [0, 0.1) is 27.7 Å². The van der Waals surface area contributed by atoms with Gasteiger partial charge in [0.15, 0.2) is 5.82 Å². The molecule has 1 aliphatic heterocycles. The maximum atomic E-state index is 13.1. The fraction of sp³-hybridized carbons (Fsp3) is 0.286. The molecule has 0 bridgehead atoms. The van der Waals surface area contributed by atoms with Crippen LogP contribution in [0.3, 0.4) is 0 Å². The van der Waals surface area contributed by atoms with Crippen LogP contribution in [0.1, 0.15) is 56.8 Å². The van der Waals surface area contributed by atoms with Gasteiger partial charge in [0.2, 0.25) is 5.91 Å². The van der Waals surface area contributed by atoms with Gasteiger partial charge in [-0.3, -0.25) is 14.4 Å². The molecular formula is C28H28ClN5OS. The van der Waals surface area contributed by atoms with Crippen molar-refractivity contribution in [3.05, 3.63) is 97.9 Å². The highest BCUT2D eigenvalue weighted by atomic mass is 35.5. The van der Waals surface area contributed by atoms with E-state index in [9.17, 15) is 4.79 Å². The van der Waals surface area contributed by atoms with E-state index in [2.05, 4.69) is 65.1 Å². The number of nitrogens with one attached hydrogen (secondary N) is 1. The summed E-state index contributed by atoms with van der Waals surface area (Å²) in [6.07, 6.45) is 0.969. The van der Waals surface area contributed by atoms with Gasteiger partial charge in [-0.1, -0.05) is 53.6 Å². The number of thiophene rings is 1. The van der Waals surface area contributed by atoms with Crippen LogP contribution in [0.4, 0.5) is 0 Å². The number of benzene rings is 2. The molecule has 4 aromatic rings. The molecule has 1 atom stereocenters. The van der Waals surface area contributed by atoms with E-state index in [1.54, 1.807) is 11.3 Å². The summed E-state index contributed by atoms with van der Waals surface area (Å²) in [6.45, 7) is 8.82. The Hall–Kier alpha value is -3.29. The number of carbonyl (C=O) groups excluding carboxylic acids is 1. The largest absolute Gasteiger partial charge is 0.356 e. The van der Waals surface area contributed by atoms with Crippen molar-refractivity contribution in [2.24, 2.45) is 4.99 Å². The number of aryl methyl sites for hydroxylation is 3. The molecule has 8 heteroatoms. The topological polar surface area (TPSA) is 72.2 Å². The Morgan fingerprint density at radius 1 is 1.03 bits per heavy atom. The van der Waals surface area contributed by atoms with Crippen molar-refractivity contribution in [2.45, 2.75) is 46.6 Å². The van der Waals surface area contributed by atoms with Gasteiger partial charge in [0.05, 0.1) is 12.1 Å². The summed E-state index contributed by atoms with van der Waals surface area (Å²) < 4.78 is 2.07.